The summed E-state index contributed by atoms with van der Waals surface area (Å²) in [6.07, 6.45) is 0.362. The summed E-state index contributed by atoms with van der Waals surface area (Å²) < 4.78 is 0. The predicted octanol–water partition coefficient (Wildman–Crippen LogP) is 2.01. The Balaban J connectivity index is 0.00000110. The smallest absolute Gasteiger partial charge is 0.269 e. The average Bonchev–Trinajstić information content (AvgIpc) is 2.45. The summed E-state index contributed by atoms with van der Waals surface area (Å²) in [5, 5.41) is 32.4. The molecule has 1 rings (SSSR count). The molecule has 114 valence electrons. The van der Waals surface area contributed by atoms with Crippen LogP contribution in [-0.2, 0) is 0 Å². The highest BCUT2D eigenvalue weighted by Gasteiger charge is 2.19. The van der Waals surface area contributed by atoms with Crippen LogP contribution in [0, 0.1) is 10.1 Å². The van der Waals surface area contributed by atoms with E-state index >= 15 is 0 Å². The molecule has 1 aromatic carbocycles. The molecule has 2 atom stereocenters. The van der Waals surface area contributed by atoms with Crippen LogP contribution < -0.4 is 5.32 Å². The number of hydrogen-bond donors (Lipinski definition) is 3. The van der Waals surface area contributed by atoms with Crippen molar-refractivity contribution in [2.45, 2.75) is 39.3 Å². The molecule has 0 unspecified atom stereocenters. The highest BCUT2D eigenvalue weighted by molar-refractivity contribution is 5.34. The van der Waals surface area contributed by atoms with Crippen LogP contribution in [0.4, 0.5) is 5.69 Å². The number of nitrogens with zero attached hydrogens (tertiary/aromatic N) is 1. The Labute approximate surface area is 119 Å². The predicted molar refractivity (Wildman–Crippen MR) is 78.6 cm³/mol. The Kier molecular flexibility index (Phi) is 9.53. The molecule has 0 spiro atoms. The molecule has 0 saturated carbocycles. The highest BCUT2D eigenvalue weighted by Crippen LogP contribution is 2.20. The van der Waals surface area contributed by atoms with Gasteiger partial charge in [0.1, 0.15) is 0 Å². The summed E-state index contributed by atoms with van der Waals surface area (Å²) in [5.41, 5.74) is 0.514. The molecule has 3 N–H and O–H groups in total. The molecule has 0 aromatic heterocycles. The van der Waals surface area contributed by atoms with Crippen LogP contribution in [-0.4, -0.2) is 34.3 Å². The fraction of sp³-hybridized carbons (Fsp3) is 0.571. The van der Waals surface area contributed by atoms with Gasteiger partial charge in [0.25, 0.3) is 5.69 Å². The largest absolute Gasteiger partial charge is 0.395 e. The molecule has 6 nitrogen and oxygen atoms in total. The van der Waals surface area contributed by atoms with E-state index in [1.807, 2.05) is 6.92 Å². The van der Waals surface area contributed by atoms with Crippen molar-refractivity contribution in [3.05, 3.63) is 39.9 Å². The Bertz CT molecular complexity index is 381. The second kappa shape index (κ2) is 10.3. The first-order valence-electron chi connectivity index (χ1n) is 6.78. The van der Waals surface area contributed by atoms with E-state index in [-0.39, 0.29) is 12.3 Å². The van der Waals surface area contributed by atoms with Crippen LogP contribution in [0.5, 0.6) is 0 Å². The van der Waals surface area contributed by atoms with E-state index in [2.05, 4.69) is 19.2 Å². The third-order valence-electron chi connectivity index (χ3n) is 2.49. The van der Waals surface area contributed by atoms with Crippen molar-refractivity contribution < 1.29 is 15.1 Å². The van der Waals surface area contributed by atoms with Gasteiger partial charge in [0, 0.05) is 12.1 Å². The quantitative estimate of drug-likeness (QED) is 0.548. The minimum atomic E-state index is -0.888. The normalized spacial score (nSPS) is 13.1. The minimum Gasteiger partial charge on any atom is -0.395 e. The van der Waals surface area contributed by atoms with Crippen molar-refractivity contribution in [2.24, 2.45) is 0 Å². The van der Waals surface area contributed by atoms with Gasteiger partial charge in [0.05, 0.1) is 23.7 Å². The number of aliphatic hydroxyl groups is 2. The second-order valence-electron chi connectivity index (χ2n) is 4.35. The summed E-state index contributed by atoms with van der Waals surface area (Å²) in [7, 11) is 0. The van der Waals surface area contributed by atoms with Crippen molar-refractivity contribution in [1.29, 1.82) is 0 Å². The van der Waals surface area contributed by atoms with Crippen LogP contribution in [0.15, 0.2) is 24.3 Å². The van der Waals surface area contributed by atoms with Gasteiger partial charge in [-0.1, -0.05) is 27.2 Å². The Morgan fingerprint density at radius 3 is 2.10 bits per heavy atom. The van der Waals surface area contributed by atoms with E-state index in [4.69, 9.17) is 5.11 Å². The van der Waals surface area contributed by atoms with Crippen LogP contribution in [0.2, 0.25) is 0 Å². The first-order chi connectivity index (χ1) is 9.51. The van der Waals surface area contributed by atoms with Gasteiger partial charge < -0.3 is 15.5 Å². The van der Waals surface area contributed by atoms with E-state index < -0.39 is 17.1 Å². The summed E-state index contributed by atoms with van der Waals surface area (Å²) in [4.78, 5) is 9.97. The fourth-order valence-electron chi connectivity index (χ4n) is 1.56. The summed E-state index contributed by atoms with van der Waals surface area (Å²) in [6.45, 7) is 6.53. The van der Waals surface area contributed by atoms with Gasteiger partial charge in [-0.15, -0.1) is 0 Å². The van der Waals surface area contributed by atoms with Gasteiger partial charge in [-0.2, -0.15) is 0 Å². The SMILES string of the molecule is CCC.CCN[C@@H](CO)[C@@H](O)c1ccc([N+](=O)[O-])cc1. The lowest BCUT2D eigenvalue weighted by Gasteiger charge is -2.21. The molecule has 0 aliphatic carbocycles. The molecule has 0 aliphatic rings. The van der Waals surface area contributed by atoms with E-state index in [9.17, 15) is 15.2 Å². The fourth-order valence-corrected chi connectivity index (χ4v) is 1.56. The maximum atomic E-state index is 10.5. The lowest BCUT2D eigenvalue weighted by molar-refractivity contribution is -0.384. The first kappa shape index (κ1) is 18.5. The average molecular weight is 284 g/mol. The molecular weight excluding hydrogens is 260 g/mol. The monoisotopic (exact) mass is 284 g/mol. The number of benzene rings is 1. The van der Waals surface area contributed by atoms with Crippen molar-refractivity contribution in [3.63, 3.8) is 0 Å². The standard InChI is InChI=1S/C11H16N2O4.C3H8/c1-2-12-10(7-14)11(15)8-3-5-9(6-4-8)13(16)17;1-3-2/h3-6,10-12,14-15H,2,7H2,1H3;3H2,1-2H3/t10-,11-;/m0./s1. The molecule has 0 amide bonds. The van der Waals surface area contributed by atoms with E-state index in [1.165, 1.54) is 30.7 Å². The van der Waals surface area contributed by atoms with Gasteiger partial charge in [0.2, 0.25) is 0 Å². The zero-order valence-corrected chi connectivity index (χ0v) is 12.2. The summed E-state index contributed by atoms with van der Waals surface area (Å²) in [6, 6.07) is 5.17. The zero-order valence-electron chi connectivity index (χ0n) is 12.2. The molecule has 0 bridgehead atoms. The first-order valence-corrected chi connectivity index (χ1v) is 6.78. The zero-order chi connectivity index (χ0) is 15.5. The number of likely N-dealkylation sites (N-methyl/N-ethyl adjacent to an activating group) is 1. The number of rotatable bonds is 6. The third kappa shape index (κ3) is 6.10. The maximum absolute atomic E-state index is 10.5. The number of hydrogen-bond acceptors (Lipinski definition) is 5. The number of non-ortho nitro benzene ring substituents is 1. The molecule has 0 heterocycles. The van der Waals surface area contributed by atoms with Crippen LogP contribution in [0.1, 0.15) is 38.9 Å². The van der Waals surface area contributed by atoms with Gasteiger partial charge in [0.15, 0.2) is 0 Å². The molecule has 20 heavy (non-hydrogen) atoms. The van der Waals surface area contributed by atoms with Gasteiger partial charge in [-0.3, -0.25) is 10.1 Å². The van der Waals surface area contributed by atoms with Gasteiger partial charge >= 0.3 is 0 Å². The number of nitro groups is 1. The number of aliphatic hydroxyl groups excluding tert-OH is 2. The molecule has 0 aliphatic heterocycles. The Morgan fingerprint density at radius 1 is 1.25 bits per heavy atom. The summed E-state index contributed by atoms with van der Waals surface area (Å²) >= 11 is 0. The van der Waals surface area contributed by atoms with E-state index in [1.54, 1.807) is 0 Å². The molecule has 6 heteroatoms. The van der Waals surface area contributed by atoms with Gasteiger partial charge in [-0.05, 0) is 24.2 Å². The molecule has 0 radical (unpaired) electrons. The van der Waals surface area contributed by atoms with E-state index in [0.717, 1.165) is 0 Å². The third-order valence-corrected chi connectivity index (χ3v) is 2.49. The van der Waals surface area contributed by atoms with Crippen LogP contribution in [0.25, 0.3) is 0 Å². The van der Waals surface area contributed by atoms with Gasteiger partial charge in [-0.25, -0.2) is 0 Å². The topological polar surface area (TPSA) is 95.6 Å². The Morgan fingerprint density at radius 2 is 1.75 bits per heavy atom. The lowest BCUT2D eigenvalue weighted by atomic mass is 10.0. The molecule has 0 saturated heterocycles. The number of nitrogens with one attached hydrogen (secondary N) is 1. The van der Waals surface area contributed by atoms with Crippen molar-refractivity contribution in [1.82, 2.24) is 5.32 Å². The van der Waals surface area contributed by atoms with Crippen molar-refractivity contribution in [3.8, 4) is 0 Å². The van der Waals surface area contributed by atoms with Crippen molar-refractivity contribution in [2.75, 3.05) is 13.2 Å². The Hall–Kier alpha value is -1.50. The lowest BCUT2D eigenvalue weighted by Crippen LogP contribution is -2.37. The van der Waals surface area contributed by atoms with E-state index in [0.29, 0.717) is 12.1 Å². The van der Waals surface area contributed by atoms with Crippen LogP contribution in [0.3, 0.4) is 0 Å². The second-order valence-corrected chi connectivity index (χ2v) is 4.35. The molecular formula is C14H24N2O4. The molecule has 1 aromatic rings. The van der Waals surface area contributed by atoms with Crippen molar-refractivity contribution >= 4 is 5.69 Å². The maximum Gasteiger partial charge on any atom is 0.269 e. The minimum absolute atomic E-state index is 0.0232. The van der Waals surface area contributed by atoms with Crippen LogP contribution >= 0.6 is 0 Å². The highest BCUT2D eigenvalue weighted by atomic mass is 16.6. The molecule has 0 fully saturated rings. The number of nitro benzene ring substituents is 1. The summed E-state index contributed by atoms with van der Waals surface area (Å²) in [5.74, 6) is 0.